The highest BCUT2D eigenvalue weighted by Crippen LogP contribution is 2.28. The molecule has 2 N–H and O–H groups in total. The lowest BCUT2D eigenvalue weighted by atomic mass is 10.3. The number of benzene rings is 1. The van der Waals surface area contributed by atoms with E-state index in [1.165, 1.54) is 12.8 Å². The molecular formula is C19H32IN3O2. The number of guanidine groups is 1. The van der Waals surface area contributed by atoms with E-state index in [4.69, 9.17) is 9.47 Å². The topological polar surface area (TPSA) is 54.9 Å². The molecular weight excluding hydrogens is 429 g/mol. The van der Waals surface area contributed by atoms with Gasteiger partial charge in [-0.1, -0.05) is 18.2 Å². The molecule has 2 rings (SSSR count). The second-order valence-electron chi connectivity index (χ2n) is 6.07. The van der Waals surface area contributed by atoms with Crippen LogP contribution in [-0.2, 0) is 4.74 Å². The van der Waals surface area contributed by atoms with Crippen molar-refractivity contribution in [3.63, 3.8) is 0 Å². The molecule has 1 aromatic rings. The molecule has 0 unspecified atom stereocenters. The zero-order valence-corrected chi connectivity index (χ0v) is 17.5. The summed E-state index contributed by atoms with van der Waals surface area (Å²) in [7, 11) is 0. The predicted octanol–water partition coefficient (Wildman–Crippen LogP) is 3.45. The normalized spacial score (nSPS) is 13.9. The Balaban J connectivity index is 0.00000312. The van der Waals surface area contributed by atoms with Gasteiger partial charge in [-0.3, -0.25) is 4.99 Å². The number of nitrogens with zero attached hydrogens (tertiary/aromatic N) is 1. The summed E-state index contributed by atoms with van der Waals surface area (Å²) in [6, 6.07) is 9.90. The first kappa shape index (κ1) is 22.0. The van der Waals surface area contributed by atoms with Crippen LogP contribution >= 0.6 is 24.0 Å². The van der Waals surface area contributed by atoms with Crippen molar-refractivity contribution in [1.82, 2.24) is 10.6 Å². The smallest absolute Gasteiger partial charge is 0.191 e. The van der Waals surface area contributed by atoms with Gasteiger partial charge in [-0.15, -0.1) is 24.0 Å². The Morgan fingerprint density at radius 2 is 1.92 bits per heavy atom. The van der Waals surface area contributed by atoms with Crippen molar-refractivity contribution < 1.29 is 9.47 Å². The maximum Gasteiger partial charge on any atom is 0.191 e. The summed E-state index contributed by atoms with van der Waals surface area (Å²) in [5.74, 6) is 2.63. The lowest BCUT2D eigenvalue weighted by Gasteiger charge is -2.11. The highest BCUT2D eigenvalue weighted by atomic mass is 127. The van der Waals surface area contributed by atoms with Crippen molar-refractivity contribution in [1.29, 1.82) is 0 Å². The summed E-state index contributed by atoms with van der Waals surface area (Å²) < 4.78 is 11.3. The van der Waals surface area contributed by atoms with Gasteiger partial charge in [0.25, 0.3) is 0 Å². The molecule has 0 aromatic heterocycles. The van der Waals surface area contributed by atoms with Gasteiger partial charge in [0.2, 0.25) is 0 Å². The number of ether oxygens (including phenoxy) is 2. The van der Waals surface area contributed by atoms with Crippen LogP contribution in [0.15, 0.2) is 35.3 Å². The van der Waals surface area contributed by atoms with E-state index < -0.39 is 0 Å². The fourth-order valence-corrected chi connectivity index (χ4v) is 2.22. The maximum atomic E-state index is 5.67. The van der Waals surface area contributed by atoms with E-state index in [-0.39, 0.29) is 24.0 Å². The molecule has 142 valence electrons. The first-order valence-corrected chi connectivity index (χ1v) is 9.16. The van der Waals surface area contributed by atoms with Crippen molar-refractivity contribution >= 4 is 29.9 Å². The van der Waals surface area contributed by atoms with Crippen LogP contribution in [0.4, 0.5) is 0 Å². The Kier molecular flexibility index (Phi) is 12.5. The van der Waals surface area contributed by atoms with Crippen LogP contribution in [0.1, 0.15) is 32.6 Å². The third-order valence-corrected chi connectivity index (χ3v) is 3.74. The molecule has 6 heteroatoms. The molecule has 0 radical (unpaired) electrons. The Bertz CT molecular complexity index is 467. The molecule has 5 nitrogen and oxygen atoms in total. The maximum absolute atomic E-state index is 5.67. The van der Waals surface area contributed by atoms with Crippen LogP contribution in [0.3, 0.4) is 0 Å². The van der Waals surface area contributed by atoms with Gasteiger partial charge < -0.3 is 20.1 Å². The summed E-state index contributed by atoms with van der Waals surface area (Å²) >= 11 is 0. The van der Waals surface area contributed by atoms with Crippen LogP contribution in [0.5, 0.6) is 5.75 Å². The highest BCUT2D eigenvalue weighted by Gasteiger charge is 2.20. The average molecular weight is 461 g/mol. The summed E-state index contributed by atoms with van der Waals surface area (Å²) in [5.41, 5.74) is 0. The lowest BCUT2D eigenvalue weighted by molar-refractivity contribution is 0.123. The molecule has 0 heterocycles. The fourth-order valence-electron chi connectivity index (χ4n) is 2.22. The second kappa shape index (κ2) is 14.2. The molecule has 0 spiro atoms. The Hall–Kier alpha value is -1.02. The van der Waals surface area contributed by atoms with Crippen molar-refractivity contribution in [2.75, 3.05) is 39.5 Å². The first-order valence-electron chi connectivity index (χ1n) is 9.16. The van der Waals surface area contributed by atoms with E-state index in [0.717, 1.165) is 63.3 Å². The number of hydrogen-bond donors (Lipinski definition) is 2. The second-order valence-corrected chi connectivity index (χ2v) is 6.07. The zero-order valence-electron chi connectivity index (χ0n) is 15.2. The quantitative estimate of drug-likeness (QED) is 0.217. The minimum absolute atomic E-state index is 0. The fraction of sp³-hybridized carbons (Fsp3) is 0.632. The molecule has 1 aliphatic carbocycles. The molecule has 0 bridgehead atoms. The van der Waals surface area contributed by atoms with Crippen molar-refractivity contribution in [3.05, 3.63) is 30.3 Å². The standard InChI is InChI=1S/C19H31N3O2.HI/c1-2-20-19(21-12-6-14-23-16-17-10-11-17)22-13-7-15-24-18-8-4-3-5-9-18;/h3-5,8-9,17H,2,6-7,10-16H2,1H3,(H2,20,21,22);1H. The molecule has 0 atom stereocenters. The Morgan fingerprint density at radius 3 is 2.64 bits per heavy atom. The van der Waals surface area contributed by atoms with Gasteiger partial charge in [-0.2, -0.15) is 0 Å². The summed E-state index contributed by atoms with van der Waals surface area (Å²) in [5, 5.41) is 6.62. The summed E-state index contributed by atoms with van der Waals surface area (Å²) in [6.07, 6.45) is 4.61. The number of halogens is 1. The van der Waals surface area contributed by atoms with Crippen LogP contribution in [0.25, 0.3) is 0 Å². The highest BCUT2D eigenvalue weighted by molar-refractivity contribution is 14.0. The largest absolute Gasteiger partial charge is 0.494 e. The molecule has 1 saturated carbocycles. The predicted molar refractivity (Wildman–Crippen MR) is 114 cm³/mol. The summed E-state index contributed by atoms with van der Waals surface area (Å²) in [6.45, 7) is 7.03. The van der Waals surface area contributed by atoms with E-state index in [9.17, 15) is 0 Å². The molecule has 25 heavy (non-hydrogen) atoms. The van der Waals surface area contributed by atoms with Crippen LogP contribution in [-0.4, -0.2) is 45.4 Å². The summed E-state index contributed by atoms with van der Waals surface area (Å²) in [4.78, 5) is 4.57. The molecule has 1 fully saturated rings. The van der Waals surface area contributed by atoms with Crippen LogP contribution < -0.4 is 15.4 Å². The molecule has 1 aromatic carbocycles. The average Bonchev–Trinajstić information content (AvgIpc) is 3.42. The van der Waals surface area contributed by atoms with E-state index >= 15 is 0 Å². The lowest BCUT2D eigenvalue weighted by Crippen LogP contribution is -2.38. The zero-order chi connectivity index (χ0) is 16.9. The van der Waals surface area contributed by atoms with Gasteiger partial charge >= 0.3 is 0 Å². The molecule has 0 saturated heterocycles. The Labute approximate surface area is 169 Å². The van der Waals surface area contributed by atoms with Gasteiger partial charge in [0.1, 0.15) is 5.75 Å². The molecule has 1 aliphatic rings. The number of hydrogen-bond acceptors (Lipinski definition) is 3. The van der Waals surface area contributed by atoms with E-state index in [2.05, 4.69) is 22.5 Å². The van der Waals surface area contributed by atoms with Crippen molar-refractivity contribution in [3.8, 4) is 5.75 Å². The minimum atomic E-state index is 0. The van der Waals surface area contributed by atoms with Crippen LogP contribution in [0.2, 0.25) is 0 Å². The van der Waals surface area contributed by atoms with Crippen molar-refractivity contribution in [2.45, 2.75) is 32.6 Å². The van der Waals surface area contributed by atoms with Gasteiger partial charge in [0.05, 0.1) is 6.61 Å². The van der Waals surface area contributed by atoms with E-state index in [1.807, 2.05) is 30.3 Å². The number of para-hydroxylation sites is 1. The minimum Gasteiger partial charge on any atom is -0.494 e. The Morgan fingerprint density at radius 1 is 1.12 bits per heavy atom. The van der Waals surface area contributed by atoms with E-state index in [1.54, 1.807) is 0 Å². The molecule has 0 aliphatic heterocycles. The SMILES string of the molecule is CCNC(=NCCCOc1ccccc1)NCCCOCC1CC1.I. The van der Waals surface area contributed by atoms with E-state index in [0.29, 0.717) is 6.61 Å². The van der Waals surface area contributed by atoms with Crippen molar-refractivity contribution in [2.24, 2.45) is 10.9 Å². The molecule has 0 amide bonds. The third-order valence-electron chi connectivity index (χ3n) is 3.74. The van der Waals surface area contributed by atoms with Gasteiger partial charge in [-0.25, -0.2) is 0 Å². The third kappa shape index (κ3) is 11.3. The number of aliphatic imine (C=N–C) groups is 1. The number of rotatable bonds is 12. The number of nitrogens with one attached hydrogen (secondary N) is 2. The van der Waals surface area contributed by atoms with Gasteiger partial charge in [-0.05, 0) is 44.2 Å². The van der Waals surface area contributed by atoms with Gasteiger partial charge in [0.15, 0.2) is 5.96 Å². The van der Waals surface area contributed by atoms with Gasteiger partial charge in [0, 0.05) is 39.3 Å². The van der Waals surface area contributed by atoms with Crippen LogP contribution in [0, 0.1) is 5.92 Å². The monoisotopic (exact) mass is 461 g/mol. The first-order chi connectivity index (χ1) is 11.9.